The quantitative estimate of drug-likeness (QED) is 0.852. The van der Waals surface area contributed by atoms with E-state index in [0.717, 1.165) is 17.9 Å². The monoisotopic (exact) mass is 286 g/mol. The van der Waals surface area contributed by atoms with Crippen molar-refractivity contribution < 1.29 is 9.53 Å². The summed E-state index contributed by atoms with van der Waals surface area (Å²) in [5.41, 5.74) is 1.29. The highest BCUT2D eigenvalue weighted by Gasteiger charge is 2.06. The minimum absolute atomic E-state index is 0.159. The van der Waals surface area contributed by atoms with Crippen LogP contribution in [0.3, 0.4) is 0 Å². The smallest absolute Gasteiger partial charge is 0.254 e. The zero-order valence-corrected chi connectivity index (χ0v) is 12.1. The molecule has 21 heavy (non-hydrogen) atoms. The Kier molecular flexibility index (Phi) is 5.09. The molecule has 0 fully saturated rings. The van der Waals surface area contributed by atoms with E-state index in [1.165, 1.54) is 12.4 Å². The van der Waals surface area contributed by atoms with Gasteiger partial charge >= 0.3 is 0 Å². The second-order valence-corrected chi connectivity index (χ2v) is 4.40. The van der Waals surface area contributed by atoms with Gasteiger partial charge in [0, 0.05) is 24.6 Å². The van der Waals surface area contributed by atoms with Crippen molar-refractivity contribution in [1.29, 1.82) is 0 Å². The van der Waals surface area contributed by atoms with E-state index >= 15 is 0 Å². The molecule has 0 atom stereocenters. The molecule has 1 aromatic heterocycles. The highest BCUT2D eigenvalue weighted by molar-refractivity contribution is 5.93. The Labute approximate surface area is 123 Å². The molecule has 2 N–H and O–H groups in total. The van der Waals surface area contributed by atoms with E-state index < -0.39 is 0 Å². The Morgan fingerprint density at radius 3 is 2.43 bits per heavy atom. The second kappa shape index (κ2) is 7.23. The van der Waals surface area contributed by atoms with Gasteiger partial charge in [0.2, 0.25) is 5.95 Å². The lowest BCUT2D eigenvalue weighted by Gasteiger charge is -2.07. The normalized spacial score (nSPS) is 10.0. The van der Waals surface area contributed by atoms with E-state index in [0.29, 0.717) is 18.1 Å². The molecule has 6 nitrogen and oxygen atoms in total. The minimum atomic E-state index is -0.159. The molecule has 2 rings (SSSR count). The minimum Gasteiger partial charge on any atom is -0.497 e. The number of nitrogens with one attached hydrogen (secondary N) is 2. The van der Waals surface area contributed by atoms with E-state index in [2.05, 4.69) is 20.6 Å². The van der Waals surface area contributed by atoms with Gasteiger partial charge in [0.25, 0.3) is 5.91 Å². The third kappa shape index (κ3) is 4.17. The molecule has 0 spiro atoms. The van der Waals surface area contributed by atoms with Crippen LogP contribution in [0, 0.1) is 0 Å². The number of ether oxygens (including phenoxy) is 1. The first-order valence-electron chi connectivity index (χ1n) is 6.74. The lowest BCUT2D eigenvalue weighted by atomic mass is 10.3. The summed E-state index contributed by atoms with van der Waals surface area (Å²) in [7, 11) is 1.62. The molecule has 2 aromatic rings. The topological polar surface area (TPSA) is 76.1 Å². The first kappa shape index (κ1) is 14.8. The molecule has 0 aliphatic heterocycles. The number of anilines is 2. The Balaban J connectivity index is 1.99. The summed E-state index contributed by atoms with van der Waals surface area (Å²) in [6, 6.07) is 7.41. The summed E-state index contributed by atoms with van der Waals surface area (Å²) in [6.45, 7) is 2.64. The van der Waals surface area contributed by atoms with Crippen LogP contribution in [-0.2, 0) is 0 Å². The van der Waals surface area contributed by atoms with Gasteiger partial charge in [0.1, 0.15) is 5.75 Å². The largest absolute Gasteiger partial charge is 0.497 e. The second-order valence-electron chi connectivity index (χ2n) is 4.40. The Hall–Kier alpha value is -2.63. The molecule has 0 aliphatic rings. The van der Waals surface area contributed by atoms with Crippen LogP contribution in [-0.4, -0.2) is 29.5 Å². The predicted molar refractivity (Wildman–Crippen MR) is 80.9 cm³/mol. The van der Waals surface area contributed by atoms with E-state index in [1.54, 1.807) is 7.11 Å². The van der Waals surface area contributed by atoms with E-state index in [-0.39, 0.29) is 5.91 Å². The number of nitrogens with zero attached hydrogens (tertiary/aromatic N) is 2. The van der Waals surface area contributed by atoms with Gasteiger partial charge in [-0.2, -0.15) is 0 Å². The summed E-state index contributed by atoms with van der Waals surface area (Å²) < 4.78 is 5.09. The Morgan fingerprint density at radius 2 is 1.86 bits per heavy atom. The molecule has 1 amide bonds. The van der Waals surface area contributed by atoms with Crippen molar-refractivity contribution in [3.63, 3.8) is 0 Å². The van der Waals surface area contributed by atoms with Gasteiger partial charge < -0.3 is 15.4 Å². The maximum Gasteiger partial charge on any atom is 0.254 e. The van der Waals surface area contributed by atoms with Gasteiger partial charge in [-0.25, -0.2) is 9.97 Å². The zero-order valence-electron chi connectivity index (χ0n) is 12.1. The van der Waals surface area contributed by atoms with Gasteiger partial charge in [-0.05, 0) is 30.7 Å². The number of hydrogen-bond donors (Lipinski definition) is 2. The number of amides is 1. The molecule has 1 aromatic carbocycles. The van der Waals surface area contributed by atoms with E-state index in [1.807, 2.05) is 31.2 Å². The molecule has 0 saturated carbocycles. The summed E-state index contributed by atoms with van der Waals surface area (Å²) in [5.74, 6) is 1.06. The fourth-order valence-corrected chi connectivity index (χ4v) is 1.65. The molecular formula is C15H18N4O2. The molecule has 6 heteroatoms. The van der Waals surface area contributed by atoms with Gasteiger partial charge in [0.05, 0.1) is 12.7 Å². The maximum absolute atomic E-state index is 11.7. The number of carbonyl (C=O) groups is 1. The van der Waals surface area contributed by atoms with Crippen LogP contribution < -0.4 is 15.4 Å². The Morgan fingerprint density at radius 1 is 1.19 bits per heavy atom. The maximum atomic E-state index is 11.7. The number of carbonyl (C=O) groups excluding carboxylic acids is 1. The van der Waals surface area contributed by atoms with Crippen molar-refractivity contribution in [1.82, 2.24) is 15.3 Å². The van der Waals surface area contributed by atoms with Crippen LogP contribution in [0.4, 0.5) is 11.6 Å². The van der Waals surface area contributed by atoms with Crippen molar-refractivity contribution >= 4 is 17.5 Å². The van der Waals surface area contributed by atoms with Gasteiger partial charge in [0.15, 0.2) is 0 Å². The molecule has 1 heterocycles. The number of aromatic nitrogens is 2. The highest BCUT2D eigenvalue weighted by atomic mass is 16.5. The lowest BCUT2D eigenvalue weighted by Crippen LogP contribution is -2.24. The van der Waals surface area contributed by atoms with Crippen molar-refractivity contribution in [2.75, 3.05) is 19.0 Å². The van der Waals surface area contributed by atoms with Crippen molar-refractivity contribution in [3.05, 3.63) is 42.2 Å². The molecule has 110 valence electrons. The summed E-state index contributed by atoms with van der Waals surface area (Å²) in [4.78, 5) is 20.0. The third-order valence-electron chi connectivity index (χ3n) is 2.80. The number of methoxy groups -OCH3 is 1. The zero-order chi connectivity index (χ0) is 15.1. The standard InChI is InChI=1S/C15H18N4O2/c1-3-8-16-14(20)11-9-17-15(18-10-11)19-12-4-6-13(21-2)7-5-12/h4-7,9-10H,3,8H2,1-2H3,(H,16,20)(H,17,18,19). The number of rotatable bonds is 6. The van der Waals surface area contributed by atoms with Crippen LogP contribution >= 0.6 is 0 Å². The predicted octanol–water partition coefficient (Wildman–Crippen LogP) is 2.37. The fourth-order valence-electron chi connectivity index (χ4n) is 1.65. The van der Waals surface area contributed by atoms with Crippen molar-refractivity contribution in [3.8, 4) is 5.75 Å². The van der Waals surface area contributed by atoms with Crippen LogP contribution in [0.1, 0.15) is 23.7 Å². The molecule has 0 saturated heterocycles. The van der Waals surface area contributed by atoms with Crippen LogP contribution in [0.5, 0.6) is 5.75 Å². The highest BCUT2D eigenvalue weighted by Crippen LogP contribution is 2.17. The average Bonchev–Trinajstić information content (AvgIpc) is 2.54. The SMILES string of the molecule is CCCNC(=O)c1cnc(Nc2ccc(OC)cc2)nc1. The first-order valence-corrected chi connectivity index (χ1v) is 6.74. The third-order valence-corrected chi connectivity index (χ3v) is 2.80. The van der Waals surface area contributed by atoms with Crippen molar-refractivity contribution in [2.45, 2.75) is 13.3 Å². The molecule has 0 aliphatic carbocycles. The van der Waals surface area contributed by atoms with Crippen LogP contribution in [0.15, 0.2) is 36.7 Å². The van der Waals surface area contributed by atoms with Gasteiger partial charge in [-0.15, -0.1) is 0 Å². The summed E-state index contributed by atoms with van der Waals surface area (Å²) in [6.07, 6.45) is 3.90. The molecule has 0 bridgehead atoms. The lowest BCUT2D eigenvalue weighted by molar-refractivity contribution is 0.0953. The molecule has 0 unspecified atom stereocenters. The average molecular weight is 286 g/mol. The van der Waals surface area contributed by atoms with Crippen molar-refractivity contribution in [2.24, 2.45) is 0 Å². The van der Waals surface area contributed by atoms with Gasteiger partial charge in [-0.3, -0.25) is 4.79 Å². The van der Waals surface area contributed by atoms with E-state index in [4.69, 9.17) is 4.74 Å². The molecular weight excluding hydrogens is 268 g/mol. The Bertz CT molecular complexity index is 582. The fraction of sp³-hybridized carbons (Fsp3) is 0.267. The van der Waals surface area contributed by atoms with Gasteiger partial charge in [-0.1, -0.05) is 6.92 Å². The summed E-state index contributed by atoms with van der Waals surface area (Å²) in [5, 5.41) is 5.83. The molecule has 0 radical (unpaired) electrons. The van der Waals surface area contributed by atoms with E-state index in [9.17, 15) is 4.79 Å². The van der Waals surface area contributed by atoms with Crippen LogP contribution in [0.25, 0.3) is 0 Å². The van der Waals surface area contributed by atoms with Crippen LogP contribution in [0.2, 0.25) is 0 Å². The number of benzene rings is 1. The first-order chi connectivity index (χ1) is 10.2. The number of hydrogen-bond acceptors (Lipinski definition) is 5. The summed E-state index contributed by atoms with van der Waals surface area (Å²) >= 11 is 0.